The Morgan fingerprint density at radius 1 is 1.28 bits per heavy atom. The Morgan fingerprint density at radius 2 is 2.06 bits per heavy atom. The number of rotatable bonds is 6. The fourth-order valence-corrected chi connectivity index (χ4v) is 1.81. The zero-order valence-electron chi connectivity index (χ0n) is 10.6. The van der Waals surface area contributed by atoms with E-state index in [0.29, 0.717) is 5.82 Å². The molecule has 0 aliphatic heterocycles. The third-order valence-electron chi connectivity index (χ3n) is 2.83. The molecule has 1 heterocycles. The molecule has 0 radical (unpaired) electrons. The smallest absolute Gasteiger partial charge is 0.145 e. The van der Waals surface area contributed by atoms with E-state index >= 15 is 0 Å². The van der Waals surface area contributed by atoms with E-state index in [-0.39, 0.29) is 6.10 Å². The highest BCUT2D eigenvalue weighted by Crippen LogP contribution is 2.15. The van der Waals surface area contributed by atoms with Crippen LogP contribution in [0, 0.1) is 0 Å². The number of hydrogen-bond donors (Lipinski definition) is 1. The van der Waals surface area contributed by atoms with Crippen LogP contribution in [0.25, 0.3) is 0 Å². The summed E-state index contributed by atoms with van der Waals surface area (Å²) in [4.78, 5) is 0. The van der Waals surface area contributed by atoms with Crippen LogP contribution in [0.3, 0.4) is 0 Å². The molecule has 1 unspecified atom stereocenters. The second-order valence-corrected chi connectivity index (χ2v) is 4.28. The van der Waals surface area contributed by atoms with Gasteiger partial charge in [-0.15, -0.1) is 0 Å². The van der Waals surface area contributed by atoms with Gasteiger partial charge in [0.05, 0.1) is 6.10 Å². The third-order valence-corrected chi connectivity index (χ3v) is 2.83. The van der Waals surface area contributed by atoms with Gasteiger partial charge in [-0.25, -0.2) is 0 Å². The van der Waals surface area contributed by atoms with Crippen LogP contribution < -0.4 is 5.73 Å². The van der Waals surface area contributed by atoms with Crippen LogP contribution in [0.2, 0.25) is 0 Å². The molecule has 0 bridgehead atoms. The minimum absolute atomic E-state index is 0.133. The predicted molar refractivity (Wildman–Crippen MR) is 72.1 cm³/mol. The van der Waals surface area contributed by atoms with Gasteiger partial charge in [-0.05, 0) is 25.0 Å². The topological polar surface area (TPSA) is 53.1 Å². The average molecular weight is 245 g/mol. The molecular weight excluding hydrogens is 226 g/mol. The van der Waals surface area contributed by atoms with E-state index < -0.39 is 0 Å². The first kappa shape index (κ1) is 12.6. The van der Waals surface area contributed by atoms with Crippen LogP contribution in [0.5, 0.6) is 0 Å². The summed E-state index contributed by atoms with van der Waals surface area (Å²) in [6, 6.07) is 12.0. The quantitative estimate of drug-likeness (QED) is 0.796. The predicted octanol–water partition coefficient (Wildman–Crippen LogP) is 2.63. The molecule has 1 aromatic carbocycles. The highest BCUT2D eigenvalue weighted by Gasteiger charge is 2.04. The second kappa shape index (κ2) is 6.21. The molecule has 0 aliphatic carbocycles. The van der Waals surface area contributed by atoms with Crippen molar-refractivity contribution in [1.82, 2.24) is 9.78 Å². The van der Waals surface area contributed by atoms with E-state index in [1.165, 1.54) is 5.56 Å². The molecule has 18 heavy (non-hydrogen) atoms. The number of benzene rings is 1. The Labute approximate surface area is 107 Å². The van der Waals surface area contributed by atoms with Gasteiger partial charge in [0.1, 0.15) is 5.82 Å². The summed E-state index contributed by atoms with van der Waals surface area (Å²) in [6.07, 6.45) is 2.95. The van der Waals surface area contributed by atoms with Crippen molar-refractivity contribution in [3.05, 3.63) is 48.2 Å². The molecule has 4 heteroatoms. The Balaban J connectivity index is 1.69. The van der Waals surface area contributed by atoms with Crippen molar-refractivity contribution in [2.24, 2.45) is 0 Å². The number of nitrogen functional groups attached to an aromatic ring is 1. The van der Waals surface area contributed by atoms with Crippen LogP contribution in [-0.4, -0.2) is 16.4 Å². The summed E-state index contributed by atoms with van der Waals surface area (Å²) < 4.78 is 7.62. The number of ether oxygens (including phenoxy) is 1. The van der Waals surface area contributed by atoms with Crippen molar-refractivity contribution >= 4 is 5.82 Å². The van der Waals surface area contributed by atoms with Gasteiger partial charge in [0.15, 0.2) is 0 Å². The van der Waals surface area contributed by atoms with Crippen molar-refractivity contribution in [2.75, 3.05) is 12.3 Å². The first-order valence-electron chi connectivity index (χ1n) is 6.21. The monoisotopic (exact) mass is 245 g/mol. The van der Waals surface area contributed by atoms with E-state index in [9.17, 15) is 0 Å². The standard InChI is InChI=1S/C14H19N3O/c1-12(13-6-3-2-4-7-13)18-11-5-9-17-10-8-14(15)16-17/h2-4,6-8,10,12H,5,9,11H2,1H3,(H2,15,16). The largest absolute Gasteiger partial charge is 0.382 e. The second-order valence-electron chi connectivity index (χ2n) is 4.28. The minimum atomic E-state index is 0.133. The lowest BCUT2D eigenvalue weighted by atomic mass is 10.1. The summed E-state index contributed by atoms with van der Waals surface area (Å²) in [7, 11) is 0. The maximum absolute atomic E-state index is 5.78. The molecule has 2 rings (SSSR count). The molecule has 2 aromatic rings. The third kappa shape index (κ3) is 3.60. The molecule has 4 nitrogen and oxygen atoms in total. The Bertz CT molecular complexity index is 467. The van der Waals surface area contributed by atoms with Crippen LogP contribution in [0.1, 0.15) is 25.0 Å². The fraction of sp³-hybridized carbons (Fsp3) is 0.357. The highest BCUT2D eigenvalue weighted by molar-refractivity contribution is 5.23. The number of aromatic nitrogens is 2. The molecule has 1 atom stereocenters. The molecule has 0 saturated heterocycles. The lowest BCUT2D eigenvalue weighted by Gasteiger charge is -2.13. The van der Waals surface area contributed by atoms with Gasteiger partial charge in [0.25, 0.3) is 0 Å². The lowest BCUT2D eigenvalue weighted by molar-refractivity contribution is 0.0615. The normalized spacial score (nSPS) is 12.5. The van der Waals surface area contributed by atoms with Gasteiger partial charge >= 0.3 is 0 Å². The zero-order valence-corrected chi connectivity index (χ0v) is 10.6. The first-order valence-corrected chi connectivity index (χ1v) is 6.21. The van der Waals surface area contributed by atoms with E-state index in [4.69, 9.17) is 10.5 Å². The molecule has 0 amide bonds. The molecule has 2 N–H and O–H groups in total. The minimum Gasteiger partial charge on any atom is -0.382 e. The van der Waals surface area contributed by atoms with Crippen LogP contribution in [0.4, 0.5) is 5.82 Å². The molecule has 0 aliphatic rings. The Morgan fingerprint density at radius 3 is 2.72 bits per heavy atom. The first-order chi connectivity index (χ1) is 8.75. The summed E-state index contributed by atoms with van der Waals surface area (Å²) in [5, 5.41) is 4.12. The Kier molecular flexibility index (Phi) is 4.36. The van der Waals surface area contributed by atoms with Crippen molar-refractivity contribution in [3.8, 4) is 0 Å². The van der Waals surface area contributed by atoms with Crippen molar-refractivity contribution in [1.29, 1.82) is 0 Å². The van der Waals surface area contributed by atoms with E-state index in [0.717, 1.165) is 19.6 Å². The van der Waals surface area contributed by atoms with Crippen molar-refractivity contribution < 1.29 is 4.74 Å². The van der Waals surface area contributed by atoms with Gasteiger partial charge < -0.3 is 10.5 Å². The van der Waals surface area contributed by atoms with Crippen LogP contribution in [0.15, 0.2) is 42.6 Å². The van der Waals surface area contributed by atoms with Gasteiger partial charge in [-0.2, -0.15) is 5.10 Å². The molecule has 0 spiro atoms. The summed E-state index contributed by atoms with van der Waals surface area (Å²) in [5.41, 5.74) is 6.75. The van der Waals surface area contributed by atoms with E-state index in [1.807, 2.05) is 29.1 Å². The number of aryl methyl sites for hydroxylation is 1. The molecule has 96 valence electrons. The van der Waals surface area contributed by atoms with Gasteiger partial charge in [0, 0.05) is 19.3 Å². The number of nitrogens with two attached hydrogens (primary N) is 1. The average Bonchev–Trinajstić information content (AvgIpc) is 2.81. The zero-order chi connectivity index (χ0) is 12.8. The van der Waals surface area contributed by atoms with Gasteiger partial charge in [0.2, 0.25) is 0 Å². The number of hydrogen-bond acceptors (Lipinski definition) is 3. The Hall–Kier alpha value is -1.81. The van der Waals surface area contributed by atoms with E-state index in [1.54, 1.807) is 6.07 Å². The number of anilines is 1. The van der Waals surface area contributed by atoms with Crippen LogP contribution in [-0.2, 0) is 11.3 Å². The maximum atomic E-state index is 5.78. The molecular formula is C14H19N3O. The maximum Gasteiger partial charge on any atom is 0.145 e. The van der Waals surface area contributed by atoms with Gasteiger partial charge in [-0.1, -0.05) is 30.3 Å². The van der Waals surface area contributed by atoms with Crippen molar-refractivity contribution in [3.63, 3.8) is 0 Å². The molecule has 1 aromatic heterocycles. The SMILES string of the molecule is CC(OCCCn1ccc(N)n1)c1ccccc1. The summed E-state index contributed by atoms with van der Waals surface area (Å²) >= 11 is 0. The highest BCUT2D eigenvalue weighted by atomic mass is 16.5. The van der Waals surface area contributed by atoms with E-state index in [2.05, 4.69) is 24.2 Å². The fourth-order valence-electron chi connectivity index (χ4n) is 1.81. The summed E-state index contributed by atoms with van der Waals surface area (Å²) in [5.74, 6) is 0.563. The van der Waals surface area contributed by atoms with Crippen molar-refractivity contribution in [2.45, 2.75) is 26.0 Å². The van der Waals surface area contributed by atoms with Gasteiger partial charge in [-0.3, -0.25) is 4.68 Å². The summed E-state index contributed by atoms with van der Waals surface area (Å²) in [6.45, 7) is 3.62. The lowest BCUT2D eigenvalue weighted by Crippen LogP contribution is -2.06. The molecule has 0 saturated carbocycles. The number of nitrogens with zero attached hydrogens (tertiary/aromatic N) is 2. The van der Waals surface area contributed by atoms with Crippen LogP contribution >= 0.6 is 0 Å². The molecule has 0 fully saturated rings.